The summed E-state index contributed by atoms with van der Waals surface area (Å²) < 4.78 is 3.16. The monoisotopic (exact) mass is 496 g/mol. The van der Waals surface area contributed by atoms with E-state index in [1.54, 1.807) is 15.3 Å². The molecule has 4 N–H and O–H groups in total. The Labute approximate surface area is 207 Å². The Morgan fingerprint density at radius 3 is 1.89 bits per heavy atom. The number of rotatable bonds is 6. The van der Waals surface area contributed by atoms with Crippen molar-refractivity contribution in [1.29, 1.82) is 0 Å². The molecule has 0 aliphatic heterocycles. The number of aliphatic hydroxyl groups excluding tert-OH is 2. The molecule has 192 valence electrons. The molecule has 0 amide bonds. The van der Waals surface area contributed by atoms with Gasteiger partial charge in [-0.25, -0.2) is 19.9 Å². The van der Waals surface area contributed by atoms with Crippen LogP contribution >= 0.6 is 0 Å². The predicted molar refractivity (Wildman–Crippen MR) is 133 cm³/mol. The fourth-order valence-electron chi connectivity index (χ4n) is 3.95. The number of imidazole rings is 2. The van der Waals surface area contributed by atoms with Crippen LogP contribution in [0.3, 0.4) is 0 Å². The molecule has 0 unspecified atom stereocenters. The van der Waals surface area contributed by atoms with Gasteiger partial charge in [0.15, 0.2) is 0 Å². The fourth-order valence-corrected chi connectivity index (χ4v) is 3.95. The first-order valence-electron chi connectivity index (χ1n) is 11.5. The number of aromatic nitrogens is 8. The molecule has 4 aromatic heterocycles. The number of nitrogens with one attached hydrogen (secondary N) is 2. The van der Waals surface area contributed by atoms with Crippen LogP contribution in [0.15, 0.2) is 34.6 Å². The van der Waals surface area contributed by atoms with E-state index in [-0.39, 0.29) is 36.2 Å². The number of aromatic amines is 2. The third-order valence-electron chi connectivity index (χ3n) is 5.57. The molecule has 4 rings (SSSR count). The molecule has 4 heterocycles. The molecule has 4 aromatic rings. The molecule has 12 heteroatoms. The van der Waals surface area contributed by atoms with Gasteiger partial charge in [-0.05, 0) is 25.7 Å². The lowest BCUT2D eigenvalue weighted by atomic mass is 10.0. The fraction of sp³-hybridized carbons (Fsp3) is 0.417. The Morgan fingerprint density at radius 2 is 1.42 bits per heavy atom. The lowest BCUT2D eigenvalue weighted by Gasteiger charge is -2.11. The van der Waals surface area contributed by atoms with Crippen LogP contribution < -0.4 is 11.1 Å². The van der Waals surface area contributed by atoms with Crippen molar-refractivity contribution >= 4 is 0 Å². The molecule has 0 atom stereocenters. The molecule has 0 saturated carbocycles. The molecule has 0 aliphatic rings. The van der Waals surface area contributed by atoms with Crippen LogP contribution in [0, 0.1) is 13.8 Å². The maximum atomic E-state index is 12.0. The normalized spacial score (nSPS) is 11.2. The van der Waals surface area contributed by atoms with E-state index in [0.717, 1.165) is 0 Å². The van der Waals surface area contributed by atoms with Gasteiger partial charge >= 0.3 is 0 Å². The topological polar surface area (TPSA) is 168 Å². The van der Waals surface area contributed by atoms with Gasteiger partial charge in [0.25, 0.3) is 11.1 Å². The van der Waals surface area contributed by atoms with Gasteiger partial charge in [0.05, 0.1) is 42.2 Å². The number of hydrogen-bond donors (Lipinski definition) is 4. The first kappa shape index (κ1) is 26.7. The summed E-state index contributed by atoms with van der Waals surface area (Å²) in [6.07, 6.45) is 6.19. The highest BCUT2D eigenvalue weighted by molar-refractivity contribution is 5.26. The van der Waals surface area contributed by atoms with Gasteiger partial charge in [-0.2, -0.15) is 0 Å². The number of aliphatic hydroxyl groups is 2. The summed E-state index contributed by atoms with van der Waals surface area (Å²) in [7, 11) is 0. The Kier molecular flexibility index (Phi) is 8.33. The average Bonchev–Trinajstić information content (AvgIpc) is 3.47. The number of H-pyrrole nitrogens is 2. The Bertz CT molecular complexity index is 1450. The highest BCUT2D eigenvalue weighted by atomic mass is 16.3. The zero-order chi connectivity index (χ0) is 26.6. The number of nitrogens with zero attached hydrogens (tertiary/aromatic N) is 6. The van der Waals surface area contributed by atoms with Gasteiger partial charge in [-0.3, -0.25) is 28.7 Å². The van der Waals surface area contributed by atoms with E-state index in [1.165, 1.54) is 18.9 Å². The van der Waals surface area contributed by atoms with Crippen molar-refractivity contribution < 1.29 is 10.2 Å². The predicted octanol–water partition coefficient (Wildman–Crippen LogP) is 1.76. The summed E-state index contributed by atoms with van der Waals surface area (Å²) in [4.78, 5) is 46.1. The first-order valence-corrected chi connectivity index (χ1v) is 11.5. The van der Waals surface area contributed by atoms with Gasteiger partial charge in [-0.15, -0.1) is 0 Å². The lowest BCUT2D eigenvalue weighted by Crippen LogP contribution is -2.21. The maximum Gasteiger partial charge on any atom is 0.255 e. The molecule has 0 radical (unpaired) electrons. The summed E-state index contributed by atoms with van der Waals surface area (Å²) in [5.74, 6) is 1.04. The lowest BCUT2D eigenvalue weighted by molar-refractivity contribution is 0.274. The first-order chi connectivity index (χ1) is 17.1. The van der Waals surface area contributed by atoms with Crippen LogP contribution in [0.4, 0.5) is 0 Å². The standard InChI is InChI=1S/2C12H16N4O2/c1-7(2)10-8(3)14-12(15-11(10)18)16-4-9(5-17)13-6-16;1-7(2)10-8(3)14-12(15-11(10)18)16-6-13-4-9(16)5-17/h2*4,6-7,17H,5H2,1-3H3,(H,14,15,18). The summed E-state index contributed by atoms with van der Waals surface area (Å²) in [6.45, 7) is 11.2. The van der Waals surface area contributed by atoms with Crippen LogP contribution in [0.5, 0.6) is 0 Å². The van der Waals surface area contributed by atoms with Gasteiger partial charge in [-0.1, -0.05) is 27.7 Å². The quantitative estimate of drug-likeness (QED) is 0.313. The SMILES string of the molecule is Cc1nc(-n2cnc(CO)c2)[nH]c(=O)c1C(C)C.Cc1nc(-n2cncc2CO)[nH]c(=O)c1C(C)C. The van der Waals surface area contributed by atoms with Gasteiger partial charge < -0.3 is 10.2 Å². The minimum Gasteiger partial charge on any atom is -0.390 e. The van der Waals surface area contributed by atoms with Crippen molar-refractivity contribution in [1.82, 2.24) is 39.0 Å². The third-order valence-corrected chi connectivity index (χ3v) is 5.57. The minimum absolute atomic E-state index is 0.121. The second-order valence-corrected chi connectivity index (χ2v) is 8.93. The van der Waals surface area contributed by atoms with Crippen molar-refractivity contribution in [3.8, 4) is 11.9 Å². The van der Waals surface area contributed by atoms with Crippen molar-refractivity contribution in [3.05, 3.63) is 79.7 Å². The van der Waals surface area contributed by atoms with E-state index >= 15 is 0 Å². The molecule has 0 aliphatic carbocycles. The van der Waals surface area contributed by atoms with E-state index in [0.29, 0.717) is 45.8 Å². The maximum absolute atomic E-state index is 12.0. The zero-order valence-corrected chi connectivity index (χ0v) is 21.3. The van der Waals surface area contributed by atoms with Crippen molar-refractivity contribution in [2.45, 2.75) is 66.6 Å². The van der Waals surface area contributed by atoms with Crippen molar-refractivity contribution in [2.75, 3.05) is 0 Å². The number of aryl methyl sites for hydroxylation is 2. The Hall–Kier alpha value is -3.90. The molecule has 0 fully saturated rings. The van der Waals surface area contributed by atoms with Crippen LogP contribution in [0.2, 0.25) is 0 Å². The van der Waals surface area contributed by atoms with Crippen LogP contribution in [0.1, 0.15) is 73.4 Å². The molecule has 12 nitrogen and oxygen atoms in total. The number of hydrogen-bond acceptors (Lipinski definition) is 8. The van der Waals surface area contributed by atoms with Crippen LogP contribution in [0.25, 0.3) is 11.9 Å². The van der Waals surface area contributed by atoms with E-state index in [4.69, 9.17) is 10.2 Å². The summed E-state index contributed by atoms with van der Waals surface area (Å²) in [5, 5.41) is 18.1. The highest BCUT2D eigenvalue weighted by Crippen LogP contribution is 2.15. The van der Waals surface area contributed by atoms with E-state index in [1.807, 2.05) is 41.5 Å². The Morgan fingerprint density at radius 1 is 0.861 bits per heavy atom. The molecule has 0 bridgehead atoms. The second-order valence-electron chi connectivity index (χ2n) is 8.93. The summed E-state index contributed by atoms with van der Waals surface area (Å²) in [5.41, 5.74) is 3.62. The molecular weight excluding hydrogens is 464 g/mol. The van der Waals surface area contributed by atoms with E-state index in [2.05, 4.69) is 29.9 Å². The zero-order valence-electron chi connectivity index (χ0n) is 21.3. The highest BCUT2D eigenvalue weighted by Gasteiger charge is 2.14. The van der Waals surface area contributed by atoms with Crippen LogP contribution in [-0.4, -0.2) is 49.3 Å². The molecular formula is C24H32N8O4. The van der Waals surface area contributed by atoms with E-state index < -0.39 is 0 Å². The second kappa shape index (κ2) is 11.2. The molecule has 36 heavy (non-hydrogen) atoms. The van der Waals surface area contributed by atoms with Gasteiger partial charge in [0, 0.05) is 17.3 Å². The summed E-state index contributed by atoms with van der Waals surface area (Å²) in [6, 6.07) is 0. The van der Waals surface area contributed by atoms with Crippen LogP contribution in [-0.2, 0) is 13.2 Å². The third kappa shape index (κ3) is 5.66. The summed E-state index contributed by atoms with van der Waals surface area (Å²) >= 11 is 0. The molecule has 0 spiro atoms. The van der Waals surface area contributed by atoms with Gasteiger partial charge in [0.1, 0.15) is 12.7 Å². The minimum atomic E-state index is -0.158. The smallest absolute Gasteiger partial charge is 0.255 e. The Balaban J connectivity index is 0.000000201. The molecule has 0 aromatic carbocycles. The average molecular weight is 497 g/mol. The van der Waals surface area contributed by atoms with E-state index in [9.17, 15) is 9.59 Å². The largest absolute Gasteiger partial charge is 0.390 e. The van der Waals surface area contributed by atoms with Gasteiger partial charge in [0.2, 0.25) is 11.9 Å². The van der Waals surface area contributed by atoms with Crippen molar-refractivity contribution in [3.63, 3.8) is 0 Å². The molecule has 0 saturated heterocycles. The van der Waals surface area contributed by atoms with Crippen molar-refractivity contribution in [2.24, 2.45) is 0 Å².